The van der Waals surface area contributed by atoms with E-state index >= 15 is 0 Å². The van der Waals surface area contributed by atoms with Crippen LogP contribution in [0.2, 0.25) is 5.22 Å². The zero-order chi connectivity index (χ0) is 13.1. The monoisotopic (exact) mass is 269 g/mol. The largest absolute Gasteiger partial charge is 0.494 e. The Labute approximate surface area is 110 Å². The molecular weight excluding hydrogens is 257 g/mol. The fourth-order valence-electron chi connectivity index (χ4n) is 1.84. The van der Waals surface area contributed by atoms with Crippen molar-refractivity contribution in [1.82, 2.24) is 5.32 Å². The summed E-state index contributed by atoms with van der Waals surface area (Å²) >= 11 is 5.73. The highest BCUT2D eigenvalue weighted by Crippen LogP contribution is 2.30. The molecule has 0 bridgehead atoms. The number of nitrogens with one attached hydrogen (secondary N) is 1. The van der Waals surface area contributed by atoms with Crippen LogP contribution >= 0.6 is 11.6 Å². The van der Waals surface area contributed by atoms with E-state index in [9.17, 15) is 4.39 Å². The third kappa shape index (κ3) is 2.35. The summed E-state index contributed by atoms with van der Waals surface area (Å²) in [4.78, 5) is 0. The van der Waals surface area contributed by atoms with Crippen LogP contribution in [0.1, 0.15) is 17.4 Å². The van der Waals surface area contributed by atoms with Crippen LogP contribution in [0.3, 0.4) is 0 Å². The second kappa shape index (κ2) is 5.42. The topological polar surface area (TPSA) is 34.4 Å². The molecule has 0 aliphatic heterocycles. The average Bonchev–Trinajstić information content (AvgIpc) is 2.79. The Kier molecular flexibility index (Phi) is 3.89. The number of methoxy groups -OCH3 is 1. The number of hydrogen-bond acceptors (Lipinski definition) is 3. The zero-order valence-electron chi connectivity index (χ0n) is 10.0. The molecule has 0 spiro atoms. The van der Waals surface area contributed by atoms with Crippen molar-refractivity contribution < 1.29 is 13.5 Å². The molecule has 1 aromatic carbocycles. The van der Waals surface area contributed by atoms with Gasteiger partial charge in [-0.15, -0.1) is 0 Å². The Bertz CT molecular complexity index is 542. The second-order valence-electron chi connectivity index (χ2n) is 3.73. The molecule has 0 aliphatic rings. The SMILES string of the molecule is CNC(c1ccc(Cl)o1)c1cccc(OC)c1F. The summed E-state index contributed by atoms with van der Waals surface area (Å²) in [6, 6.07) is 7.90. The maximum atomic E-state index is 14.2. The molecule has 0 amide bonds. The summed E-state index contributed by atoms with van der Waals surface area (Å²) in [5, 5.41) is 3.26. The van der Waals surface area contributed by atoms with E-state index in [1.807, 2.05) is 0 Å². The molecule has 1 aromatic heterocycles. The third-order valence-corrected chi connectivity index (χ3v) is 2.89. The number of furan rings is 1. The van der Waals surface area contributed by atoms with Gasteiger partial charge in [-0.05, 0) is 36.8 Å². The number of hydrogen-bond donors (Lipinski definition) is 1. The Balaban J connectivity index is 2.45. The Morgan fingerprint density at radius 3 is 2.67 bits per heavy atom. The van der Waals surface area contributed by atoms with Gasteiger partial charge in [-0.1, -0.05) is 12.1 Å². The fraction of sp³-hybridized carbons (Fsp3) is 0.231. The van der Waals surface area contributed by atoms with Gasteiger partial charge >= 0.3 is 0 Å². The van der Waals surface area contributed by atoms with E-state index in [2.05, 4.69) is 5.32 Å². The molecule has 2 rings (SSSR count). The predicted molar refractivity (Wildman–Crippen MR) is 67.6 cm³/mol. The van der Waals surface area contributed by atoms with E-state index < -0.39 is 11.9 Å². The van der Waals surface area contributed by atoms with Crippen molar-refractivity contribution in [1.29, 1.82) is 0 Å². The number of halogens is 2. The summed E-state index contributed by atoms with van der Waals surface area (Å²) in [7, 11) is 3.15. The van der Waals surface area contributed by atoms with Crippen molar-refractivity contribution in [2.75, 3.05) is 14.2 Å². The van der Waals surface area contributed by atoms with Crippen molar-refractivity contribution in [2.24, 2.45) is 0 Å². The second-order valence-corrected chi connectivity index (χ2v) is 4.10. The minimum absolute atomic E-state index is 0.199. The first-order valence-electron chi connectivity index (χ1n) is 5.42. The molecule has 0 saturated carbocycles. The molecule has 0 aliphatic carbocycles. The Morgan fingerprint density at radius 1 is 1.33 bits per heavy atom. The van der Waals surface area contributed by atoms with Gasteiger partial charge in [-0.2, -0.15) is 0 Å². The van der Waals surface area contributed by atoms with Gasteiger partial charge in [0.05, 0.1) is 13.2 Å². The molecule has 5 heteroatoms. The summed E-state index contributed by atoms with van der Waals surface area (Å²) in [5.74, 6) is 0.340. The van der Waals surface area contributed by atoms with Gasteiger partial charge in [0, 0.05) is 5.56 Å². The van der Waals surface area contributed by atoms with Crippen LogP contribution < -0.4 is 10.1 Å². The van der Waals surface area contributed by atoms with Crippen molar-refractivity contribution in [2.45, 2.75) is 6.04 Å². The normalized spacial score (nSPS) is 12.4. The molecule has 0 radical (unpaired) electrons. The molecule has 0 fully saturated rings. The smallest absolute Gasteiger partial charge is 0.193 e. The number of ether oxygens (including phenoxy) is 1. The summed E-state index contributed by atoms with van der Waals surface area (Å²) in [6.07, 6.45) is 0. The van der Waals surface area contributed by atoms with E-state index in [1.54, 1.807) is 37.4 Å². The van der Waals surface area contributed by atoms with Crippen LogP contribution in [0.25, 0.3) is 0 Å². The summed E-state index contributed by atoms with van der Waals surface area (Å²) in [6.45, 7) is 0. The van der Waals surface area contributed by atoms with Gasteiger partial charge in [0.25, 0.3) is 0 Å². The molecular formula is C13H13ClFNO2. The Hall–Kier alpha value is -1.52. The van der Waals surface area contributed by atoms with Crippen LogP contribution in [-0.4, -0.2) is 14.2 Å². The molecule has 18 heavy (non-hydrogen) atoms. The van der Waals surface area contributed by atoms with Gasteiger partial charge in [-0.3, -0.25) is 0 Å². The summed E-state index contributed by atoms with van der Waals surface area (Å²) in [5.41, 5.74) is 0.447. The quantitative estimate of drug-likeness (QED) is 0.924. The van der Waals surface area contributed by atoms with Crippen LogP contribution in [0.4, 0.5) is 4.39 Å². The zero-order valence-corrected chi connectivity index (χ0v) is 10.8. The highest BCUT2D eigenvalue weighted by molar-refractivity contribution is 6.28. The first kappa shape index (κ1) is 12.9. The van der Waals surface area contributed by atoms with Crippen molar-refractivity contribution in [3.63, 3.8) is 0 Å². The lowest BCUT2D eigenvalue weighted by Crippen LogP contribution is -2.18. The van der Waals surface area contributed by atoms with Gasteiger partial charge in [0.2, 0.25) is 0 Å². The van der Waals surface area contributed by atoms with E-state index in [4.69, 9.17) is 20.8 Å². The van der Waals surface area contributed by atoms with E-state index in [0.717, 1.165) is 0 Å². The minimum Gasteiger partial charge on any atom is -0.494 e. The van der Waals surface area contributed by atoms with Gasteiger partial charge in [-0.25, -0.2) is 4.39 Å². The lowest BCUT2D eigenvalue weighted by atomic mass is 10.0. The molecule has 1 N–H and O–H groups in total. The van der Waals surface area contributed by atoms with Crippen LogP contribution in [0.15, 0.2) is 34.7 Å². The number of benzene rings is 1. The molecule has 1 unspecified atom stereocenters. The summed E-state index contributed by atoms with van der Waals surface area (Å²) < 4.78 is 24.4. The molecule has 1 heterocycles. The lowest BCUT2D eigenvalue weighted by Gasteiger charge is -2.16. The maximum Gasteiger partial charge on any atom is 0.193 e. The van der Waals surface area contributed by atoms with Crippen molar-refractivity contribution in [3.8, 4) is 5.75 Å². The van der Waals surface area contributed by atoms with E-state index in [0.29, 0.717) is 11.3 Å². The van der Waals surface area contributed by atoms with Gasteiger partial charge in [0.1, 0.15) is 5.76 Å². The van der Waals surface area contributed by atoms with E-state index in [1.165, 1.54) is 7.11 Å². The first-order chi connectivity index (χ1) is 8.67. The highest BCUT2D eigenvalue weighted by atomic mass is 35.5. The van der Waals surface area contributed by atoms with Crippen LogP contribution in [-0.2, 0) is 0 Å². The van der Waals surface area contributed by atoms with Crippen LogP contribution in [0, 0.1) is 5.82 Å². The standard InChI is InChI=1S/C13H13ClFNO2/c1-16-13(10-6-7-11(14)18-10)8-4-3-5-9(17-2)12(8)15/h3-7,13,16H,1-2H3. The molecule has 2 aromatic rings. The first-order valence-corrected chi connectivity index (χ1v) is 5.80. The predicted octanol–water partition coefficient (Wildman–Crippen LogP) is 3.39. The van der Waals surface area contributed by atoms with Crippen LogP contribution in [0.5, 0.6) is 5.75 Å². The van der Waals surface area contributed by atoms with Gasteiger partial charge < -0.3 is 14.5 Å². The number of rotatable bonds is 4. The maximum absolute atomic E-state index is 14.2. The third-order valence-electron chi connectivity index (χ3n) is 2.69. The molecule has 3 nitrogen and oxygen atoms in total. The lowest BCUT2D eigenvalue weighted by molar-refractivity contribution is 0.379. The fourth-order valence-corrected chi connectivity index (χ4v) is 1.99. The molecule has 1 atom stereocenters. The average molecular weight is 270 g/mol. The molecule has 0 saturated heterocycles. The van der Waals surface area contributed by atoms with Crippen molar-refractivity contribution in [3.05, 3.63) is 52.7 Å². The minimum atomic E-state index is -0.410. The van der Waals surface area contributed by atoms with E-state index in [-0.39, 0.29) is 11.0 Å². The Morgan fingerprint density at radius 2 is 2.11 bits per heavy atom. The molecule has 96 valence electrons. The van der Waals surface area contributed by atoms with Gasteiger partial charge in [0.15, 0.2) is 16.8 Å². The highest BCUT2D eigenvalue weighted by Gasteiger charge is 2.21. The van der Waals surface area contributed by atoms with Crippen molar-refractivity contribution >= 4 is 11.6 Å².